The molecule has 0 bridgehead atoms. The number of nitrogens with zero attached hydrogens (tertiary/aromatic N) is 5. The van der Waals surface area contributed by atoms with Crippen LogP contribution in [-0.4, -0.2) is 54.7 Å². The van der Waals surface area contributed by atoms with Gasteiger partial charge in [0, 0.05) is 31.7 Å². The molecule has 2 N–H and O–H groups in total. The Morgan fingerprint density at radius 2 is 1.84 bits per heavy atom. The standard InChI is InChI=1S/C27H37N7O4/c1-15-6-8-17(9-7-15)14-34-20-22(28-16(2)18-4-3-5-18)29-24(25-32-27(36)38-33-25)30-23(20)31-26(34)21(35)19-10-12-37-13-11-19/h15-19H,3-14H2,1-2H3,(H,28,29,30)(H,32,33,36)/t15?,16-,17?/m1/s1. The second kappa shape index (κ2) is 10.6. The third-order valence-electron chi connectivity index (χ3n) is 8.87. The van der Waals surface area contributed by atoms with Crippen LogP contribution >= 0.6 is 0 Å². The number of carbonyl (C=O) groups excluding carboxylic acids is 1. The molecule has 11 heteroatoms. The number of ketones is 1. The topological polar surface area (TPSA) is 141 Å². The highest BCUT2D eigenvalue weighted by Crippen LogP contribution is 2.35. The van der Waals surface area contributed by atoms with Gasteiger partial charge in [0.2, 0.25) is 17.4 Å². The quantitative estimate of drug-likeness (QED) is 0.415. The first-order valence-corrected chi connectivity index (χ1v) is 14.2. The van der Waals surface area contributed by atoms with E-state index in [4.69, 9.17) is 19.2 Å². The van der Waals surface area contributed by atoms with Gasteiger partial charge in [-0.25, -0.2) is 19.7 Å². The molecule has 38 heavy (non-hydrogen) atoms. The molecular formula is C27H37N7O4. The largest absolute Gasteiger partial charge is 0.439 e. The van der Waals surface area contributed by atoms with Crippen LogP contribution in [0.2, 0.25) is 0 Å². The SMILES string of the molecule is CC1CCC(Cn2c(C(=O)C3CCOCC3)nc3nc(-c4noc(=O)[nH]4)nc(N[C@H](C)C4CCC4)c32)CC1. The van der Waals surface area contributed by atoms with Gasteiger partial charge in [0.05, 0.1) is 0 Å². The third kappa shape index (κ3) is 5.00. The normalized spacial score (nSPS) is 23.8. The molecule has 3 aliphatic rings. The molecule has 1 saturated heterocycles. The predicted molar refractivity (Wildman–Crippen MR) is 141 cm³/mol. The molecule has 1 atom stereocenters. The molecule has 3 aromatic rings. The summed E-state index contributed by atoms with van der Waals surface area (Å²) in [7, 11) is 0. The molecule has 0 unspecified atom stereocenters. The van der Waals surface area contributed by atoms with E-state index in [0.29, 0.717) is 61.7 Å². The molecule has 3 fully saturated rings. The van der Waals surface area contributed by atoms with Crippen molar-refractivity contribution < 1.29 is 14.1 Å². The molecule has 11 nitrogen and oxygen atoms in total. The van der Waals surface area contributed by atoms with E-state index in [1.165, 1.54) is 32.1 Å². The van der Waals surface area contributed by atoms with Gasteiger partial charge < -0.3 is 14.6 Å². The van der Waals surface area contributed by atoms with Gasteiger partial charge in [0.15, 0.2) is 17.3 Å². The first kappa shape index (κ1) is 25.2. The number of Topliss-reactive ketones (excluding diaryl/α,β-unsaturated/α-hetero) is 1. The number of carbonyl (C=O) groups is 1. The van der Waals surface area contributed by atoms with Gasteiger partial charge >= 0.3 is 5.76 Å². The Morgan fingerprint density at radius 3 is 2.50 bits per heavy atom. The number of nitrogens with one attached hydrogen (secondary N) is 2. The maximum Gasteiger partial charge on any atom is 0.439 e. The molecule has 0 spiro atoms. The number of aromatic nitrogens is 6. The highest BCUT2D eigenvalue weighted by Gasteiger charge is 2.32. The molecule has 3 aromatic heterocycles. The minimum atomic E-state index is -0.673. The number of ether oxygens (including phenoxy) is 1. The van der Waals surface area contributed by atoms with Crippen molar-refractivity contribution >= 4 is 22.8 Å². The van der Waals surface area contributed by atoms with Crippen molar-refractivity contribution in [3.8, 4) is 11.6 Å². The smallest absolute Gasteiger partial charge is 0.381 e. The van der Waals surface area contributed by atoms with Crippen molar-refractivity contribution in [3.63, 3.8) is 0 Å². The fourth-order valence-corrected chi connectivity index (χ4v) is 6.12. The number of anilines is 1. The summed E-state index contributed by atoms with van der Waals surface area (Å²) in [5.74, 6) is 2.46. The Labute approximate surface area is 221 Å². The molecule has 0 amide bonds. The van der Waals surface area contributed by atoms with Gasteiger partial charge in [0.1, 0.15) is 5.52 Å². The third-order valence-corrected chi connectivity index (χ3v) is 8.87. The van der Waals surface area contributed by atoms with E-state index in [2.05, 4.69) is 38.9 Å². The molecule has 6 rings (SSSR count). The summed E-state index contributed by atoms with van der Waals surface area (Å²) in [6.07, 6.45) is 9.65. The van der Waals surface area contributed by atoms with Crippen LogP contribution in [0.3, 0.4) is 0 Å². The van der Waals surface area contributed by atoms with Crippen molar-refractivity contribution in [1.29, 1.82) is 0 Å². The molecule has 204 valence electrons. The van der Waals surface area contributed by atoms with Crippen molar-refractivity contribution in [3.05, 3.63) is 16.4 Å². The first-order chi connectivity index (χ1) is 18.5. The number of rotatable bonds is 8. The Balaban J connectivity index is 1.47. The number of aromatic amines is 1. The van der Waals surface area contributed by atoms with Crippen molar-refractivity contribution in [2.75, 3.05) is 18.5 Å². The summed E-state index contributed by atoms with van der Waals surface area (Å²) in [4.78, 5) is 42.4. The van der Waals surface area contributed by atoms with Crippen LogP contribution in [-0.2, 0) is 11.3 Å². The molecule has 1 aliphatic heterocycles. The highest BCUT2D eigenvalue weighted by molar-refractivity contribution is 5.99. The summed E-state index contributed by atoms with van der Waals surface area (Å²) in [6.45, 7) is 6.38. The summed E-state index contributed by atoms with van der Waals surface area (Å²) < 4.78 is 12.3. The second-order valence-electron chi connectivity index (χ2n) is 11.6. The van der Waals surface area contributed by atoms with Crippen molar-refractivity contribution in [2.45, 2.75) is 84.2 Å². The van der Waals surface area contributed by atoms with E-state index in [9.17, 15) is 9.59 Å². The van der Waals surface area contributed by atoms with Crippen LogP contribution in [0.25, 0.3) is 22.8 Å². The van der Waals surface area contributed by atoms with Gasteiger partial charge in [-0.1, -0.05) is 31.3 Å². The minimum Gasteiger partial charge on any atom is -0.381 e. The zero-order valence-electron chi connectivity index (χ0n) is 22.2. The molecule has 2 saturated carbocycles. The average Bonchev–Trinajstić information content (AvgIpc) is 3.48. The molecule has 4 heterocycles. The van der Waals surface area contributed by atoms with Gasteiger partial charge in [-0.05, 0) is 63.2 Å². The van der Waals surface area contributed by atoms with E-state index in [1.54, 1.807) is 0 Å². The van der Waals surface area contributed by atoms with Crippen LogP contribution in [0.1, 0.15) is 82.3 Å². The summed E-state index contributed by atoms with van der Waals surface area (Å²) in [5, 5.41) is 7.43. The number of fused-ring (bicyclic) bond motifs is 1. The van der Waals surface area contributed by atoms with Crippen LogP contribution in [0, 0.1) is 23.7 Å². The van der Waals surface area contributed by atoms with E-state index >= 15 is 0 Å². The zero-order valence-corrected chi connectivity index (χ0v) is 22.2. The molecule has 0 radical (unpaired) electrons. The van der Waals surface area contributed by atoms with Crippen molar-refractivity contribution in [1.82, 2.24) is 29.7 Å². The van der Waals surface area contributed by atoms with E-state index in [-0.39, 0.29) is 29.4 Å². The maximum atomic E-state index is 13.9. The number of hydrogen-bond acceptors (Lipinski definition) is 9. The predicted octanol–water partition coefficient (Wildman–Crippen LogP) is 4.21. The lowest BCUT2D eigenvalue weighted by atomic mass is 9.80. The van der Waals surface area contributed by atoms with Crippen LogP contribution < -0.4 is 11.1 Å². The van der Waals surface area contributed by atoms with Crippen LogP contribution in [0.4, 0.5) is 5.82 Å². The van der Waals surface area contributed by atoms with Crippen LogP contribution in [0.5, 0.6) is 0 Å². The lowest BCUT2D eigenvalue weighted by molar-refractivity contribution is 0.0534. The van der Waals surface area contributed by atoms with Gasteiger partial charge in [-0.2, -0.15) is 0 Å². The second-order valence-corrected chi connectivity index (χ2v) is 11.6. The lowest BCUT2D eigenvalue weighted by Gasteiger charge is -2.32. The van der Waals surface area contributed by atoms with Gasteiger partial charge in [-0.15, -0.1) is 0 Å². The summed E-state index contributed by atoms with van der Waals surface area (Å²) in [5.41, 5.74) is 1.18. The number of H-pyrrole nitrogens is 1. The Bertz CT molecular complexity index is 1340. The summed E-state index contributed by atoms with van der Waals surface area (Å²) >= 11 is 0. The number of hydrogen-bond donors (Lipinski definition) is 2. The Morgan fingerprint density at radius 1 is 1.08 bits per heavy atom. The molecule has 0 aromatic carbocycles. The molecule has 2 aliphatic carbocycles. The number of imidazole rings is 1. The fourth-order valence-electron chi connectivity index (χ4n) is 6.12. The van der Waals surface area contributed by atoms with E-state index in [0.717, 1.165) is 24.3 Å². The minimum absolute atomic E-state index is 0.0462. The monoisotopic (exact) mass is 523 g/mol. The molecular weight excluding hydrogens is 486 g/mol. The van der Waals surface area contributed by atoms with Crippen molar-refractivity contribution in [2.24, 2.45) is 23.7 Å². The van der Waals surface area contributed by atoms with E-state index in [1.807, 2.05) is 0 Å². The van der Waals surface area contributed by atoms with Crippen LogP contribution in [0.15, 0.2) is 9.32 Å². The first-order valence-electron chi connectivity index (χ1n) is 14.2. The van der Waals surface area contributed by atoms with E-state index < -0.39 is 5.76 Å². The highest BCUT2D eigenvalue weighted by atomic mass is 16.5. The van der Waals surface area contributed by atoms with Gasteiger partial charge in [0.25, 0.3) is 0 Å². The van der Waals surface area contributed by atoms with Gasteiger partial charge in [-0.3, -0.25) is 14.3 Å². The maximum absolute atomic E-state index is 13.9. The lowest BCUT2D eigenvalue weighted by Crippen LogP contribution is -2.31. The summed E-state index contributed by atoms with van der Waals surface area (Å²) in [6, 6.07) is 0.194. The Hall–Kier alpha value is -3.08. The Kier molecular flexibility index (Phi) is 7.03. The zero-order chi connectivity index (χ0) is 26.2. The fraction of sp³-hybridized carbons (Fsp3) is 0.704. The average molecular weight is 524 g/mol.